The molecule has 2 aliphatic heterocycles. The summed E-state index contributed by atoms with van der Waals surface area (Å²) in [7, 11) is 0. The third-order valence-electron chi connectivity index (χ3n) is 9.91. The van der Waals surface area contributed by atoms with Gasteiger partial charge in [-0.25, -0.2) is 19.4 Å². The van der Waals surface area contributed by atoms with Crippen molar-refractivity contribution >= 4 is 58.3 Å². The second-order valence-electron chi connectivity index (χ2n) is 13.7. The van der Waals surface area contributed by atoms with Gasteiger partial charge in [0.2, 0.25) is 0 Å². The Morgan fingerprint density at radius 3 is 1.13 bits per heavy atom. The molecule has 60 heavy (non-hydrogen) atoms. The Bertz CT molecular complexity index is 2510. The first-order valence-corrected chi connectivity index (χ1v) is 18.6. The molecule has 14 heteroatoms. The van der Waals surface area contributed by atoms with E-state index in [1.165, 1.54) is 36.4 Å². The molecule has 0 aliphatic carbocycles. The van der Waals surface area contributed by atoms with Gasteiger partial charge >= 0.3 is 11.9 Å². The summed E-state index contributed by atoms with van der Waals surface area (Å²) in [5, 5.41) is 29.0. The second kappa shape index (κ2) is 16.3. The Labute approximate surface area is 341 Å². The summed E-state index contributed by atoms with van der Waals surface area (Å²) < 4.78 is 10.8. The number of azo groups is 1. The van der Waals surface area contributed by atoms with Crippen molar-refractivity contribution in [2.24, 2.45) is 10.2 Å². The Hall–Kier alpha value is -8.26. The van der Waals surface area contributed by atoms with Crippen LogP contribution in [-0.2, 0) is 22.3 Å². The normalized spacial score (nSPS) is 13.2. The van der Waals surface area contributed by atoms with Crippen LogP contribution < -0.4 is 9.80 Å². The van der Waals surface area contributed by atoms with Crippen LogP contribution in [0.15, 0.2) is 144 Å². The molecule has 8 rings (SSSR count). The van der Waals surface area contributed by atoms with E-state index >= 15 is 0 Å². The highest BCUT2D eigenvalue weighted by Gasteiger charge is 2.37. The van der Waals surface area contributed by atoms with Gasteiger partial charge in [0, 0.05) is 12.8 Å². The maximum atomic E-state index is 12.9. The molecule has 4 amide bonds. The van der Waals surface area contributed by atoms with E-state index in [-0.39, 0.29) is 47.2 Å². The van der Waals surface area contributed by atoms with Gasteiger partial charge in [0.25, 0.3) is 23.6 Å². The van der Waals surface area contributed by atoms with Crippen molar-refractivity contribution in [2.75, 3.05) is 23.0 Å². The van der Waals surface area contributed by atoms with Crippen molar-refractivity contribution in [3.63, 3.8) is 0 Å². The number of fused-ring (bicyclic) bond motifs is 2. The Morgan fingerprint density at radius 1 is 0.467 bits per heavy atom. The molecule has 14 nitrogen and oxygen atoms in total. The fraction of sp³-hybridized carbons (Fsp3) is 0.0870. The molecule has 0 spiro atoms. The topological polar surface area (TPSA) is 193 Å². The van der Waals surface area contributed by atoms with E-state index in [9.17, 15) is 39.0 Å². The van der Waals surface area contributed by atoms with Gasteiger partial charge in [-0.15, -0.1) is 0 Å². The van der Waals surface area contributed by atoms with Crippen LogP contribution in [0.2, 0.25) is 0 Å². The number of rotatable bonds is 12. The quantitative estimate of drug-likeness (QED) is 0.0698. The maximum Gasteiger partial charge on any atom is 0.342 e. The number of amides is 4. The lowest BCUT2D eigenvalue weighted by molar-refractivity contribution is 0.0496. The lowest BCUT2D eigenvalue weighted by atomic mass is 10.1. The zero-order valence-electron chi connectivity index (χ0n) is 31.5. The Kier molecular flexibility index (Phi) is 10.5. The number of imide groups is 2. The molecule has 0 aromatic heterocycles. The number of carbonyl (C=O) groups is 6. The molecule has 296 valence electrons. The van der Waals surface area contributed by atoms with Gasteiger partial charge in [-0.1, -0.05) is 48.5 Å². The molecule has 6 aromatic carbocycles. The molecule has 2 heterocycles. The lowest BCUT2D eigenvalue weighted by Gasteiger charge is -2.14. The van der Waals surface area contributed by atoms with Crippen LogP contribution in [0.1, 0.15) is 73.3 Å². The van der Waals surface area contributed by atoms with Gasteiger partial charge in [-0.05, 0) is 96.1 Å². The van der Waals surface area contributed by atoms with E-state index in [1.54, 1.807) is 97.1 Å². The van der Waals surface area contributed by atoms with Crippen LogP contribution in [0.4, 0.5) is 22.7 Å². The van der Waals surface area contributed by atoms with E-state index < -0.39 is 35.6 Å². The van der Waals surface area contributed by atoms with Crippen LogP contribution in [0, 0.1) is 0 Å². The number of anilines is 2. The third-order valence-corrected chi connectivity index (χ3v) is 9.91. The van der Waals surface area contributed by atoms with Gasteiger partial charge in [-0.2, -0.15) is 10.2 Å². The van der Waals surface area contributed by atoms with Crippen LogP contribution in [0.5, 0.6) is 11.5 Å². The molecule has 0 unspecified atom stereocenters. The highest BCUT2D eigenvalue weighted by molar-refractivity contribution is 6.35. The van der Waals surface area contributed by atoms with Gasteiger partial charge < -0.3 is 19.7 Å². The van der Waals surface area contributed by atoms with E-state index in [0.717, 1.165) is 20.9 Å². The van der Waals surface area contributed by atoms with Crippen molar-refractivity contribution in [3.05, 3.63) is 178 Å². The summed E-state index contributed by atoms with van der Waals surface area (Å²) in [6.07, 6.45) is 0.627. The average molecular weight is 801 g/mol. The van der Waals surface area contributed by atoms with Gasteiger partial charge in [0.1, 0.15) is 22.6 Å². The minimum Gasteiger partial charge on any atom is -0.507 e. The summed E-state index contributed by atoms with van der Waals surface area (Å²) in [6, 6.07) is 34.7. The standard InChI is InChI=1S/C46H32N4O10/c51-39-19-13-29(25-37(39)45(57)59-23-21-27-9-15-31(16-10-27)49-41(53)33-5-1-2-6-34(33)42(49)54)47-48-30-14-20-40(52)38(26-30)46(58)60-24-22-28-11-17-32(18-12-28)50-43(55)35-7-3-4-8-36(35)44(50)56/h1-20,25-26,51-52H,21-24H2/b48-47+. The van der Waals surface area contributed by atoms with Crippen molar-refractivity contribution in [2.45, 2.75) is 12.8 Å². The largest absolute Gasteiger partial charge is 0.507 e. The molecule has 0 fully saturated rings. The molecular formula is C46H32N4O10. The number of ether oxygens (including phenoxy) is 2. The highest BCUT2D eigenvalue weighted by atomic mass is 16.5. The minimum absolute atomic E-state index is 0.0340. The average Bonchev–Trinajstić information content (AvgIpc) is 3.68. The molecule has 0 atom stereocenters. The van der Waals surface area contributed by atoms with Crippen molar-refractivity contribution in [3.8, 4) is 11.5 Å². The van der Waals surface area contributed by atoms with E-state index in [2.05, 4.69) is 10.2 Å². The van der Waals surface area contributed by atoms with E-state index in [4.69, 9.17) is 9.47 Å². The monoisotopic (exact) mass is 800 g/mol. The van der Waals surface area contributed by atoms with Gasteiger partial charge in [0.15, 0.2) is 0 Å². The van der Waals surface area contributed by atoms with Crippen molar-refractivity contribution < 1.29 is 48.5 Å². The second-order valence-corrected chi connectivity index (χ2v) is 13.7. The number of phenolic OH excluding ortho intramolecular Hbond substituents is 2. The SMILES string of the molecule is O=C(OCCc1ccc(N2C(=O)c3ccccc3C2=O)cc1)c1cc(/N=N/c2ccc(O)c(C(=O)OCCc3ccc(N4C(=O)c5ccccc5C4=O)cc3)c2)ccc1O. The van der Waals surface area contributed by atoms with Crippen molar-refractivity contribution in [1.29, 1.82) is 0 Å². The number of benzene rings is 6. The fourth-order valence-electron chi connectivity index (χ4n) is 6.76. The van der Waals surface area contributed by atoms with Crippen LogP contribution in [-0.4, -0.2) is 59.0 Å². The number of aromatic hydroxyl groups is 2. The molecule has 6 aromatic rings. The predicted molar refractivity (Wildman–Crippen MR) is 216 cm³/mol. The molecule has 2 N–H and O–H groups in total. The third kappa shape index (κ3) is 7.59. The van der Waals surface area contributed by atoms with Crippen LogP contribution in [0.25, 0.3) is 0 Å². The zero-order valence-corrected chi connectivity index (χ0v) is 31.5. The number of hydrogen-bond donors (Lipinski definition) is 2. The number of carbonyl (C=O) groups excluding carboxylic acids is 6. The maximum absolute atomic E-state index is 12.9. The first-order chi connectivity index (χ1) is 29.1. The van der Waals surface area contributed by atoms with Crippen molar-refractivity contribution in [1.82, 2.24) is 0 Å². The molecular weight excluding hydrogens is 769 g/mol. The van der Waals surface area contributed by atoms with E-state index in [1.807, 2.05) is 0 Å². The smallest absolute Gasteiger partial charge is 0.342 e. The molecule has 0 radical (unpaired) electrons. The Morgan fingerprint density at radius 2 is 0.800 bits per heavy atom. The summed E-state index contributed by atoms with van der Waals surface area (Å²) in [5.41, 5.74) is 3.86. The number of hydrogen-bond acceptors (Lipinski definition) is 12. The first kappa shape index (κ1) is 38.6. The lowest BCUT2D eigenvalue weighted by Crippen LogP contribution is -2.29. The first-order valence-electron chi connectivity index (χ1n) is 18.6. The minimum atomic E-state index is -0.805. The number of nitrogens with zero attached hydrogens (tertiary/aromatic N) is 4. The summed E-state index contributed by atoms with van der Waals surface area (Å²) in [6.45, 7) is -0.0679. The fourth-order valence-corrected chi connectivity index (χ4v) is 6.76. The summed E-state index contributed by atoms with van der Waals surface area (Å²) in [5.74, 6) is -3.87. The molecule has 2 aliphatic rings. The molecule has 0 bridgehead atoms. The Balaban J connectivity index is 0.831. The van der Waals surface area contributed by atoms with Gasteiger partial charge in [0.05, 0.1) is 58.2 Å². The molecule has 0 saturated carbocycles. The van der Waals surface area contributed by atoms with Gasteiger partial charge in [-0.3, -0.25) is 19.2 Å². The number of esters is 2. The predicted octanol–water partition coefficient (Wildman–Crippen LogP) is 7.91. The summed E-state index contributed by atoms with van der Waals surface area (Å²) >= 11 is 0. The van der Waals surface area contributed by atoms with Crippen LogP contribution in [0.3, 0.4) is 0 Å². The zero-order chi connectivity index (χ0) is 41.9. The molecule has 0 saturated heterocycles. The number of phenols is 2. The highest BCUT2D eigenvalue weighted by Crippen LogP contribution is 2.31. The van der Waals surface area contributed by atoms with E-state index in [0.29, 0.717) is 46.5 Å². The van der Waals surface area contributed by atoms with Crippen LogP contribution >= 0.6 is 0 Å². The summed E-state index contributed by atoms with van der Waals surface area (Å²) in [4.78, 5) is 79.3.